The first-order valence-corrected chi connectivity index (χ1v) is 6.07. The van der Waals surface area contributed by atoms with Crippen molar-refractivity contribution in [2.75, 3.05) is 0 Å². The van der Waals surface area contributed by atoms with Gasteiger partial charge in [-0.3, -0.25) is 4.98 Å². The summed E-state index contributed by atoms with van der Waals surface area (Å²) < 4.78 is 2.17. The first kappa shape index (κ1) is 10.5. The molecule has 3 heteroatoms. The topological polar surface area (TPSA) is 38.0 Å². The Hall–Kier alpha value is -1.61. The molecule has 0 bridgehead atoms. The summed E-state index contributed by atoms with van der Waals surface area (Å²) in [5.41, 5.74) is 4.45. The molecule has 0 fully saturated rings. The highest BCUT2D eigenvalue weighted by molar-refractivity contribution is 5.42. The van der Waals surface area contributed by atoms with E-state index < -0.39 is 0 Å². The van der Waals surface area contributed by atoms with Gasteiger partial charge in [0.2, 0.25) is 0 Å². The van der Waals surface area contributed by atoms with Crippen LogP contribution in [0.15, 0.2) is 30.6 Å². The number of aromatic nitrogens is 2. The molecule has 3 nitrogen and oxygen atoms in total. The molecule has 0 spiro atoms. The molecule has 2 heterocycles. The molecule has 0 saturated carbocycles. The van der Waals surface area contributed by atoms with Crippen LogP contribution in [0, 0.1) is 6.92 Å². The minimum atomic E-state index is -0.294. The fourth-order valence-electron chi connectivity index (χ4n) is 2.62. The predicted octanol–water partition coefficient (Wildman–Crippen LogP) is 2.55. The third-order valence-electron chi connectivity index (χ3n) is 3.52. The van der Waals surface area contributed by atoms with Crippen LogP contribution in [0.3, 0.4) is 0 Å². The zero-order valence-electron chi connectivity index (χ0n) is 9.93. The summed E-state index contributed by atoms with van der Waals surface area (Å²) in [6, 6.07) is 6.06. The molecule has 1 N–H and O–H groups in total. The number of nitrogens with zero attached hydrogens (tertiary/aromatic N) is 2. The molecule has 1 unspecified atom stereocenters. The highest BCUT2D eigenvalue weighted by atomic mass is 16.3. The van der Waals surface area contributed by atoms with E-state index in [1.807, 2.05) is 31.5 Å². The Morgan fingerprint density at radius 1 is 1.41 bits per heavy atom. The summed E-state index contributed by atoms with van der Waals surface area (Å²) >= 11 is 0. The number of aliphatic hydroxyl groups excluding tert-OH is 1. The van der Waals surface area contributed by atoms with Crippen LogP contribution in [0.4, 0.5) is 0 Å². The van der Waals surface area contributed by atoms with Gasteiger partial charge in [0.05, 0.1) is 17.5 Å². The van der Waals surface area contributed by atoms with Crippen molar-refractivity contribution in [1.29, 1.82) is 0 Å². The summed E-state index contributed by atoms with van der Waals surface area (Å²) in [5, 5.41) is 9.96. The van der Waals surface area contributed by atoms with E-state index in [1.54, 1.807) is 0 Å². The van der Waals surface area contributed by atoms with Crippen molar-refractivity contribution in [1.82, 2.24) is 9.55 Å². The second kappa shape index (κ2) is 4.00. The van der Waals surface area contributed by atoms with Crippen molar-refractivity contribution in [2.45, 2.75) is 32.3 Å². The van der Waals surface area contributed by atoms with Crippen molar-refractivity contribution in [3.05, 3.63) is 47.5 Å². The van der Waals surface area contributed by atoms with Gasteiger partial charge < -0.3 is 9.67 Å². The molecule has 0 aromatic carbocycles. The molecular formula is C14H16N2O. The molecule has 1 atom stereocenters. The van der Waals surface area contributed by atoms with Crippen LogP contribution < -0.4 is 0 Å². The smallest absolute Gasteiger partial charge is 0.0807 e. The predicted molar refractivity (Wildman–Crippen MR) is 66.2 cm³/mol. The van der Waals surface area contributed by atoms with E-state index in [-0.39, 0.29) is 6.10 Å². The molecular weight excluding hydrogens is 212 g/mol. The third-order valence-corrected chi connectivity index (χ3v) is 3.52. The Balaban J connectivity index is 2.14. The van der Waals surface area contributed by atoms with Crippen LogP contribution in [0.2, 0.25) is 0 Å². The second-order valence-corrected chi connectivity index (χ2v) is 4.60. The molecule has 2 aromatic heterocycles. The zero-order valence-corrected chi connectivity index (χ0v) is 9.93. The quantitative estimate of drug-likeness (QED) is 0.814. The zero-order chi connectivity index (χ0) is 11.8. The maximum absolute atomic E-state index is 9.96. The van der Waals surface area contributed by atoms with E-state index in [0.717, 1.165) is 36.2 Å². The number of aryl methyl sites for hydroxylation is 1. The van der Waals surface area contributed by atoms with E-state index in [4.69, 9.17) is 0 Å². The van der Waals surface area contributed by atoms with Crippen molar-refractivity contribution in [2.24, 2.45) is 0 Å². The van der Waals surface area contributed by atoms with Gasteiger partial charge >= 0.3 is 0 Å². The molecule has 1 aliphatic carbocycles. The van der Waals surface area contributed by atoms with Crippen LogP contribution in [-0.2, 0) is 6.42 Å². The first-order valence-electron chi connectivity index (χ1n) is 6.07. The number of fused-ring (bicyclic) bond motifs is 1. The number of hydrogen-bond donors (Lipinski definition) is 1. The maximum atomic E-state index is 9.96. The fourth-order valence-corrected chi connectivity index (χ4v) is 2.62. The highest BCUT2D eigenvalue weighted by Crippen LogP contribution is 2.32. The number of hydrogen-bond acceptors (Lipinski definition) is 2. The average molecular weight is 228 g/mol. The SMILES string of the molecule is Cc1ncccc1-n1ccc2c1CCCC2O. The van der Waals surface area contributed by atoms with Gasteiger partial charge in [0.1, 0.15) is 0 Å². The lowest BCUT2D eigenvalue weighted by molar-refractivity contribution is 0.156. The monoisotopic (exact) mass is 228 g/mol. The average Bonchev–Trinajstić information content (AvgIpc) is 2.75. The van der Waals surface area contributed by atoms with E-state index in [2.05, 4.69) is 15.6 Å². The molecule has 0 aliphatic heterocycles. The Morgan fingerprint density at radius 2 is 2.29 bits per heavy atom. The Labute approximate surface area is 101 Å². The van der Waals surface area contributed by atoms with E-state index in [0.29, 0.717) is 0 Å². The van der Waals surface area contributed by atoms with Crippen molar-refractivity contribution in [3.63, 3.8) is 0 Å². The van der Waals surface area contributed by atoms with E-state index in [9.17, 15) is 5.11 Å². The van der Waals surface area contributed by atoms with Gasteiger partial charge in [0, 0.05) is 23.7 Å². The van der Waals surface area contributed by atoms with Gasteiger partial charge in [-0.1, -0.05) is 0 Å². The number of rotatable bonds is 1. The largest absolute Gasteiger partial charge is 0.388 e. The number of pyridine rings is 1. The summed E-state index contributed by atoms with van der Waals surface area (Å²) in [7, 11) is 0. The normalized spacial score (nSPS) is 19.1. The fraction of sp³-hybridized carbons (Fsp3) is 0.357. The van der Waals surface area contributed by atoms with E-state index in [1.165, 1.54) is 5.69 Å². The minimum Gasteiger partial charge on any atom is -0.388 e. The van der Waals surface area contributed by atoms with Crippen LogP contribution in [0.25, 0.3) is 5.69 Å². The second-order valence-electron chi connectivity index (χ2n) is 4.60. The first-order chi connectivity index (χ1) is 8.27. The van der Waals surface area contributed by atoms with Crippen LogP contribution in [-0.4, -0.2) is 14.7 Å². The highest BCUT2D eigenvalue weighted by Gasteiger charge is 2.21. The summed E-state index contributed by atoms with van der Waals surface area (Å²) in [6.07, 6.45) is 6.53. The Kier molecular flexibility index (Phi) is 2.48. The Bertz CT molecular complexity index is 545. The van der Waals surface area contributed by atoms with Crippen molar-refractivity contribution in [3.8, 4) is 5.69 Å². The lowest BCUT2D eigenvalue weighted by atomic mass is 9.95. The molecule has 0 amide bonds. The molecule has 2 aromatic rings. The molecule has 1 aliphatic rings. The maximum Gasteiger partial charge on any atom is 0.0807 e. The van der Waals surface area contributed by atoms with Crippen LogP contribution in [0.5, 0.6) is 0 Å². The van der Waals surface area contributed by atoms with Gasteiger partial charge in [-0.15, -0.1) is 0 Å². The van der Waals surface area contributed by atoms with Gasteiger partial charge in [0.15, 0.2) is 0 Å². The molecule has 17 heavy (non-hydrogen) atoms. The third kappa shape index (κ3) is 1.67. The van der Waals surface area contributed by atoms with Crippen molar-refractivity contribution >= 4 is 0 Å². The van der Waals surface area contributed by atoms with Gasteiger partial charge in [0.25, 0.3) is 0 Å². The Morgan fingerprint density at radius 3 is 3.12 bits per heavy atom. The van der Waals surface area contributed by atoms with E-state index >= 15 is 0 Å². The van der Waals surface area contributed by atoms with Crippen LogP contribution in [0.1, 0.15) is 35.9 Å². The molecule has 3 rings (SSSR count). The summed E-state index contributed by atoms with van der Waals surface area (Å²) in [6.45, 7) is 2.01. The van der Waals surface area contributed by atoms with Gasteiger partial charge in [-0.05, 0) is 44.4 Å². The summed E-state index contributed by atoms with van der Waals surface area (Å²) in [5.74, 6) is 0. The molecule has 88 valence electrons. The number of aliphatic hydroxyl groups is 1. The van der Waals surface area contributed by atoms with Crippen LogP contribution >= 0.6 is 0 Å². The standard InChI is InChI=1S/C14H16N2O/c1-10-12(5-3-8-15-10)16-9-7-11-13(16)4-2-6-14(11)17/h3,5,7-9,14,17H,2,4,6H2,1H3. The lowest BCUT2D eigenvalue weighted by Gasteiger charge is -2.20. The van der Waals surface area contributed by atoms with Gasteiger partial charge in [-0.25, -0.2) is 0 Å². The summed E-state index contributed by atoms with van der Waals surface area (Å²) in [4.78, 5) is 4.32. The van der Waals surface area contributed by atoms with Gasteiger partial charge in [-0.2, -0.15) is 0 Å². The molecule has 0 radical (unpaired) electrons. The molecule has 0 saturated heterocycles. The lowest BCUT2D eigenvalue weighted by Crippen LogP contribution is -2.11. The minimum absolute atomic E-state index is 0.294. The van der Waals surface area contributed by atoms with Crippen molar-refractivity contribution < 1.29 is 5.11 Å².